The minimum absolute atomic E-state index is 0.105. The van der Waals surface area contributed by atoms with Crippen LogP contribution in [0.25, 0.3) is 0 Å². The van der Waals surface area contributed by atoms with Crippen molar-refractivity contribution >= 4 is 23.7 Å². The standard InChI is InChI=1S/C26H26N4O5/c1-17-22(18(2)30(28-17)15-19-8-4-3-5-9-19)14-27-23(31)16-35-24(32)12-13-29-25(33)20-10-6-7-11-21(20)26(29)34/h3-11H,12-16H2,1-2H3,(H,27,31). The molecule has 4 rings (SSSR count). The summed E-state index contributed by atoms with van der Waals surface area (Å²) in [7, 11) is 0. The molecule has 1 N–H and O–H groups in total. The fourth-order valence-corrected chi connectivity index (χ4v) is 4.00. The minimum Gasteiger partial charge on any atom is -0.456 e. The number of esters is 1. The van der Waals surface area contributed by atoms with Crippen LogP contribution in [0.3, 0.4) is 0 Å². The van der Waals surface area contributed by atoms with E-state index in [0.717, 1.165) is 27.4 Å². The van der Waals surface area contributed by atoms with Crippen LogP contribution in [0.15, 0.2) is 54.6 Å². The van der Waals surface area contributed by atoms with E-state index in [1.807, 2.05) is 48.9 Å². The minimum atomic E-state index is -0.667. The van der Waals surface area contributed by atoms with Crippen LogP contribution in [0.4, 0.5) is 0 Å². The molecule has 0 saturated heterocycles. The van der Waals surface area contributed by atoms with E-state index >= 15 is 0 Å². The highest BCUT2D eigenvalue weighted by molar-refractivity contribution is 6.21. The number of carbonyl (C=O) groups is 4. The number of imide groups is 1. The number of hydrogen-bond acceptors (Lipinski definition) is 6. The summed E-state index contributed by atoms with van der Waals surface area (Å²) >= 11 is 0. The maximum atomic E-state index is 12.3. The summed E-state index contributed by atoms with van der Waals surface area (Å²) in [6.07, 6.45) is -0.191. The van der Waals surface area contributed by atoms with Gasteiger partial charge in [0.05, 0.1) is 29.8 Å². The molecule has 1 aliphatic rings. The predicted octanol–water partition coefficient (Wildman–Crippen LogP) is 2.39. The molecule has 1 aromatic heterocycles. The van der Waals surface area contributed by atoms with Crippen LogP contribution in [-0.2, 0) is 27.4 Å². The Morgan fingerprint density at radius 1 is 0.943 bits per heavy atom. The van der Waals surface area contributed by atoms with Crippen molar-refractivity contribution in [2.45, 2.75) is 33.4 Å². The second-order valence-corrected chi connectivity index (χ2v) is 8.29. The number of fused-ring (bicyclic) bond motifs is 1. The van der Waals surface area contributed by atoms with E-state index in [1.165, 1.54) is 0 Å². The molecule has 3 amide bonds. The van der Waals surface area contributed by atoms with Gasteiger partial charge in [0.25, 0.3) is 17.7 Å². The summed E-state index contributed by atoms with van der Waals surface area (Å²) in [5.74, 6) is -1.99. The van der Waals surface area contributed by atoms with Crippen molar-refractivity contribution in [3.8, 4) is 0 Å². The molecule has 2 aromatic carbocycles. The number of aryl methyl sites for hydroxylation is 1. The Labute approximate surface area is 202 Å². The highest BCUT2D eigenvalue weighted by Gasteiger charge is 2.35. The number of hydrogen-bond donors (Lipinski definition) is 1. The molecule has 3 aromatic rings. The fourth-order valence-electron chi connectivity index (χ4n) is 4.00. The molecule has 0 aliphatic carbocycles. The van der Waals surface area contributed by atoms with E-state index in [4.69, 9.17) is 4.74 Å². The number of nitrogens with zero attached hydrogens (tertiary/aromatic N) is 3. The largest absolute Gasteiger partial charge is 0.456 e. The Bertz CT molecular complexity index is 1250. The second kappa shape index (κ2) is 10.3. The average molecular weight is 475 g/mol. The number of carbonyl (C=O) groups excluding carboxylic acids is 4. The number of amides is 3. The van der Waals surface area contributed by atoms with Gasteiger partial charge in [-0.15, -0.1) is 0 Å². The molecular formula is C26H26N4O5. The second-order valence-electron chi connectivity index (χ2n) is 8.29. The van der Waals surface area contributed by atoms with Crippen molar-refractivity contribution in [2.24, 2.45) is 0 Å². The molecule has 2 heterocycles. The zero-order chi connectivity index (χ0) is 24.9. The van der Waals surface area contributed by atoms with Crippen molar-refractivity contribution in [3.05, 3.63) is 88.2 Å². The Morgan fingerprint density at radius 2 is 1.57 bits per heavy atom. The van der Waals surface area contributed by atoms with Crippen LogP contribution < -0.4 is 5.32 Å². The van der Waals surface area contributed by atoms with Gasteiger partial charge in [0.1, 0.15) is 0 Å². The molecular weight excluding hydrogens is 448 g/mol. The third kappa shape index (κ3) is 5.29. The molecule has 0 spiro atoms. The van der Waals surface area contributed by atoms with Crippen molar-refractivity contribution < 1.29 is 23.9 Å². The molecule has 0 fully saturated rings. The lowest BCUT2D eigenvalue weighted by molar-refractivity contribution is -0.148. The van der Waals surface area contributed by atoms with E-state index < -0.39 is 30.3 Å². The normalized spacial score (nSPS) is 12.6. The first-order valence-corrected chi connectivity index (χ1v) is 11.3. The number of ether oxygens (including phenoxy) is 1. The summed E-state index contributed by atoms with van der Waals surface area (Å²) in [5.41, 5.74) is 4.44. The van der Waals surface area contributed by atoms with E-state index in [-0.39, 0.29) is 19.5 Å². The van der Waals surface area contributed by atoms with Gasteiger partial charge in [-0.3, -0.25) is 28.8 Å². The maximum Gasteiger partial charge on any atom is 0.308 e. The van der Waals surface area contributed by atoms with Gasteiger partial charge in [0.15, 0.2) is 6.61 Å². The summed E-state index contributed by atoms with van der Waals surface area (Å²) in [5, 5.41) is 7.32. The predicted molar refractivity (Wildman–Crippen MR) is 126 cm³/mol. The van der Waals surface area contributed by atoms with Crippen LogP contribution in [0, 0.1) is 13.8 Å². The molecule has 9 nitrogen and oxygen atoms in total. The van der Waals surface area contributed by atoms with Gasteiger partial charge >= 0.3 is 5.97 Å². The monoisotopic (exact) mass is 474 g/mol. The topological polar surface area (TPSA) is 111 Å². The first kappa shape index (κ1) is 23.9. The number of rotatable bonds is 9. The molecule has 0 radical (unpaired) electrons. The van der Waals surface area contributed by atoms with Gasteiger partial charge < -0.3 is 10.1 Å². The van der Waals surface area contributed by atoms with Crippen LogP contribution >= 0.6 is 0 Å². The first-order chi connectivity index (χ1) is 16.8. The van der Waals surface area contributed by atoms with Gasteiger partial charge in [-0.05, 0) is 31.5 Å². The van der Waals surface area contributed by atoms with Gasteiger partial charge in [-0.1, -0.05) is 42.5 Å². The Hall–Kier alpha value is -4.27. The molecule has 180 valence electrons. The van der Waals surface area contributed by atoms with Crippen LogP contribution in [0.1, 0.15) is 49.7 Å². The average Bonchev–Trinajstić information content (AvgIpc) is 3.27. The fraction of sp³-hybridized carbons (Fsp3) is 0.269. The molecule has 1 aliphatic heterocycles. The van der Waals surface area contributed by atoms with Gasteiger partial charge in [0.2, 0.25) is 0 Å². The van der Waals surface area contributed by atoms with Gasteiger partial charge in [-0.2, -0.15) is 5.10 Å². The van der Waals surface area contributed by atoms with E-state index in [2.05, 4.69) is 10.4 Å². The molecule has 0 bridgehead atoms. The first-order valence-electron chi connectivity index (χ1n) is 11.3. The van der Waals surface area contributed by atoms with E-state index in [0.29, 0.717) is 17.7 Å². The molecule has 0 atom stereocenters. The summed E-state index contributed by atoms with van der Waals surface area (Å²) in [6.45, 7) is 4.17. The summed E-state index contributed by atoms with van der Waals surface area (Å²) < 4.78 is 6.92. The van der Waals surface area contributed by atoms with Crippen molar-refractivity contribution in [1.82, 2.24) is 20.0 Å². The van der Waals surface area contributed by atoms with Crippen LogP contribution in [-0.4, -0.2) is 51.5 Å². The van der Waals surface area contributed by atoms with E-state index in [1.54, 1.807) is 24.3 Å². The van der Waals surface area contributed by atoms with Crippen LogP contribution in [0.2, 0.25) is 0 Å². The van der Waals surface area contributed by atoms with Gasteiger partial charge in [0, 0.05) is 24.3 Å². The Kier molecular flexibility index (Phi) is 7.05. The van der Waals surface area contributed by atoms with Crippen molar-refractivity contribution in [2.75, 3.05) is 13.2 Å². The number of nitrogens with one attached hydrogen (secondary N) is 1. The number of aromatic nitrogens is 2. The van der Waals surface area contributed by atoms with Crippen molar-refractivity contribution in [1.29, 1.82) is 0 Å². The SMILES string of the molecule is Cc1nn(Cc2ccccc2)c(C)c1CNC(=O)COC(=O)CCN1C(=O)c2ccccc2C1=O. The Balaban J connectivity index is 1.22. The highest BCUT2D eigenvalue weighted by atomic mass is 16.5. The third-order valence-corrected chi connectivity index (χ3v) is 5.95. The Morgan fingerprint density at radius 3 is 2.23 bits per heavy atom. The quantitative estimate of drug-likeness (QED) is 0.377. The number of benzene rings is 2. The molecule has 0 saturated carbocycles. The zero-order valence-electron chi connectivity index (χ0n) is 19.6. The smallest absolute Gasteiger partial charge is 0.308 e. The summed E-state index contributed by atoms with van der Waals surface area (Å²) in [4.78, 5) is 50.0. The molecule has 0 unspecified atom stereocenters. The molecule has 9 heteroatoms. The van der Waals surface area contributed by atoms with Gasteiger partial charge in [-0.25, -0.2) is 0 Å². The third-order valence-electron chi connectivity index (χ3n) is 5.95. The zero-order valence-corrected chi connectivity index (χ0v) is 19.6. The lowest BCUT2D eigenvalue weighted by atomic mass is 10.1. The van der Waals surface area contributed by atoms with Crippen LogP contribution in [0.5, 0.6) is 0 Å². The maximum absolute atomic E-state index is 12.3. The summed E-state index contributed by atoms with van der Waals surface area (Å²) in [6, 6.07) is 16.5. The highest BCUT2D eigenvalue weighted by Crippen LogP contribution is 2.22. The van der Waals surface area contributed by atoms with E-state index in [9.17, 15) is 19.2 Å². The van der Waals surface area contributed by atoms with Crippen molar-refractivity contribution in [3.63, 3.8) is 0 Å². The molecule has 35 heavy (non-hydrogen) atoms. The lowest BCUT2D eigenvalue weighted by Gasteiger charge is -2.13. The lowest BCUT2D eigenvalue weighted by Crippen LogP contribution is -2.33.